The zero-order valence-electron chi connectivity index (χ0n) is 13.7. The summed E-state index contributed by atoms with van der Waals surface area (Å²) in [6, 6.07) is 18.9. The SMILES string of the molecule is O=C(Cn1nnc(-c2ccccc2)n1)Cn1nnc(-c2ccccc2)n1. The van der Waals surface area contributed by atoms with E-state index >= 15 is 0 Å². The minimum atomic E-state index is -0.154. The number of nitrogens with zero attached hydrogens (tertiary/aromatic N) is 8. The van der Waals surface area contributed by atoms with Crippen LogP contribution in [0.2, 0.25) is 0 Å². The monoisotopic (exact) mass is 346 g/mol. The number of Topliss-reactive ketones (excluding diaryl/α,β-unsaturated/α-hetero) is 1. The predicted molar refractivity (Wildman–Crippen MR) is 91.5 cm³/mol. The number of ketones is 1. The molecule has 2 aromatic heterocycles. The van der Waals surface area contributed by atoms with Crippen molar-refractivity contribution in [2.24, 2.45) is 0 Å². The van der Waals surface area contributed by atoms with E-state index in [4.69, 9.17) is 0 Å². The third-order valence-corrected chi connectivity index (χ3v) is 3.61. The van der Waals surface area contributed by atoms with Crippen LogP contribution in [-0.4, -0.2) is 46.2 Å². The molecular formula is C17H14N8O. The van der Waals surface area contributed by atoms with Crippen molar-refractivity contribution in [1.82, 2.24) is 40.4 Å². The summed E-state index contributed by atoms with van der Waals surface area (Å²) in [5, 5.41) is 24.2. The minimum Gasteiger partial charge on any atom is -0.295 e. The van der Waals surface area contributed by atoms with Crippen LogP contribution in [0, 0.1) is 0 Å². The molecule has 9 nitrogen and oxygen atoms in total. The average molecular weight is 346 g/mol. The molecule has 26 heavy (non-hydrogen) atoms. The van der Waals surface area contributed by atoms with Crippen LogP contribution < -0.4 is 0 Å². The molecule has 0 spiro atoms. The van der Waals surface area contributed by atoms with E-state index in [1.807, 2.05) is 60.7 Å². The molecule has 4 rings (SSSR count). The van der Waals surface area contributed by atoms with E-state index in [0.29, 0.717) is 11.6 Å². The lowest BCUT2D eigenvalue weighted by molar-refractivity contribution is -0.121. The van der Waals surface area contributed by atoms with Crippen molar-refractivity contribution in [3.63, 3.8) is 0 Å². The van der Waals surface area contributed by atoms with Gasteiger partial charge < -0.3 is 0 Å². The van der Waals surface area contributed by atoms with Gasteiger partial charge in [0, 0.05) is 11.1 Å². The van der Waals surface area contributed by atoms with E-state index in [9.17, 15) is 4.79 Å². The van der Waals surface area contributed by atoms with E-state index in [0.717, 1.165) is 11.1 Å². The third kappa shape index (κ3) is 3.51. The van der Waals surface area contributed by atoms with E-state index in [1.165, 1.54) is 9.59 Å². The van der Waals surface area contributed by atoms with Crippen molar-refractivity contribution >= 4 is 5.78 Å². The van der Waals surface area contributed by atoms with E-state index < -0.39 is 0 Å². The molecule has 0 fully saturated rings. The highest BCUT2D eigenvalue weighted by Gasteiger charge is 2.12. The molecule has 0 atom stereocenters. The van der Waals surface area contributed by atoms with Crippen LogP contribution in [0.4, 0.5) is 0 Å². The lowest BCUT2D eigenvalue weighted by atomic mass is 10.2. The van der Waals surface area contributed by atoms with Gasteiger partial charge in [0.2, 0.25) is 11.6 Å². The van der Waals surface area contributed by atoms with Crippen molar-refractivity contribution in [1.29, 1.82) is 0 Å². The quantitative estimate of drug-likeness (QED) is 0.517. The van der Waals surface area contributed by atoms with Gasteiger partial charge in [0.1, 0.15) is 13.1 Å². The van der Waals surface area contributed by atoms with Crippen LogP contribution in [0.3, 0.4) is 0 Å². The van der Waals surface area contributed by atoms with Crippen molar-refractivity contribution in [3.8, 4) is 22.8 Å². The predicted octanol–water partition coefficient (Wildman–Crippen LogP) is 1.26. The van der Waals surface area contributed by atoms with Crippen LogP contribution in [0.1, 0.15) is 0 Å². The fourth-order valence-corrected chi connectivity index (χ4v) is 2.39. The second-order valence-corrected chi connectivity index (χ2v) is 5.56. The molecule has 2 heterocycles. The Labute approximate surface area is 148 Å². The first kappa shape index (κ1) is 15.8. The Morgan fingerprint density at radius 1 is 0.692 bits per heavy atom. The van der Waals surface area contributed by atoms with Gasteiger partial charge in [-0.05, 0) is 10.4 Å². The van der Waals surface area contributed by atoms with Gasteiger partial charge >= 0.3 is 0 Å². The van der Waals surface area contributed by atoms with Gasteiger partial charge in [0.05, 0.1) is 0 Å². The van der Waals surface area contributed by atoms with Gasteiger partial charge in [0.15, 0.2) is 5.78 Å². The normalized spacial score (nSPS) is 10.8. The minimum absolute atomic E-state index is 0.0119. The van der Waals surface area contributed by atoms with Crippen molar-refractivity contribution in [2.75, 3.05) is 0 Å². The molecule has 0 unspecified atom stereocenters. The highest BCUT2D eigenvalue weighted by molar-refractivity contribution is 5.77. The zero-order chi connectivity index (χ0) is 17.8. The van der Waals surface area contributed by atoms with Crippen LogP contribution in [-0.2, 0) is 17.9 Å². The van der Waals surface area contributed by atoms with E-state index in [1.54, 1.807) is 0 Å². The average Bonchev–Trinajstić information content (AvgIpc) is 3.33. The maximum atomic E-state index is 12.2. The molecule has 0 N–H and O–H groups in total. The molecule has 0 aliphatic rings. The molecule has 0 radical (unpaired) electrons. The summed E-state index contributed by atoms with van der Waals surface area (Å²) in [6.07, 6.45) is 0. The topological polar surface area (TPSA) is 104 Å². The summed E-state index contributed by atoms with van der Waals surface area (Å²) in [4.78, 5) is 14.7. The fraction of sp³-hybridized carbons (Fsp3) is 0.118. The Morgan fingerprint density at radius 2 is 1.12 bits per heavy atom. The second-order valence-electron chi connectivity index (χ2n) is 5.56. The number of rotatable bonds is 6. The molecule has 0 amide bonds. The Bertz CT molecular complexity index is 928. The van der Waals surface area contributed by atoms with Crippen molar-refractivity contribution in [2.45, 2.75) is 13.1 Å². The standard InChI is InChI=1S/C17H14N8O/c26-15(11-24-20-16(18-22-24)13-7-3-1-4-8-13)12-25-21-17(19-23-25)14-9-5-2-6-10-14/h1-10H,11-12H2. The molecule has 0 bridgehead atoms. The highest BCUT2D eigenvalue weighted by Crippen LogP contribution is 2.12. The number of benzene rings is 2. The third-order valence-electron chi connectivity index (χ3n) is 3.61. The molecule has 4 aromatic rings. The molecule has 0 saturated heterocycles. The molecule has 128 valence electrons. The van der Waals surface area contributed by atoms with Crippen molar-refractivity contribution < 1.29 is 4.79 Å². The summed E-state index contributed by atoms with van der Waals surface area (Å²) in [7, 11) is 0. The Kier molecular flexibility index (Phi) is 4.25. The second kappa shape index (κ2) is 7.01. The van der Waals surface area contributed by atoms with E-state index in [2.05, 4.69) is 30.8 Å². The lowest BCUT2D eigenvalue weighted by Gasteiger charge is -1.98. The van der Waals surface area contributed by atoms with Gasteiger partial charge in [0.25, 0.3) is 0 Å². The van der Waals surface area contributed by atoms with Gasteiger partial charge in [-0.1, -0.05) is 60.7 Å². The molecule has 2 aromatic carbocycles. The Balaban J connectivity index is 1.40. The van der Waals surface area contributed by atoms with Gasteiger partial charge in [-0.3, -0.25) is 4.79 Å². The zero-order valence-corrected chi connectivity index (χ0v) is 13.7. The molecule has 0 aliphatic carbocycles. The van der Waals surface area contributed by atoms with Crippen LogP contribution in [0.15, 0.2) is 60.7 Å². The smallest absolute Gasteiger partial charge is 0.204 e. The van der Waals surface area contributed by atoms with Crippen LogP contribution >= 0.6 is 0 Å². The molecule has 9 heteroatoms. The first-order chi connectivity index (χ1) is 12.8. The molecule has 0 saturated carbocycles. The van der Waals surface area contributed by atoms with Gasteiger partial charge in [-0.25, -0.2) is 0 Å². The van der Waals surface area contributed by atoms with Crippen LogP contribution in [0.5, 0.6) is 0 Å². The van der Waals surface area contributed by atoms with Crippen LogP contribution in [0.25, 0.3) is 22.8 Å². The maximum absolute atomic E-state index is 12.2. The summed E-state index contributed by atoms with van der Waals surface area (Å²) < 4.78 is 0. The number of carbonyl (C=O) groups is 1. The number of aromatic nitrogens is 8. The van der Waals surface area contributed by atoms with Gasteiger partial charge in [-0.2, -0.15) is 9.59 Å². The summed E-state index contributed by atoms with van der Waals surface area (Å²) in [5.41, 5.74) is 1.69. The Morgan fingerprint density at radius 3 is 1.54 bits per heavy atom. The van der Waals surface area contributed by atoms with Gasteiger partial charge in [-0.15, -0.1) is 20.4 Å². The van der Waals surface area contributed by atoms with E-state index in [-0.39, 0.29) is 18.9 Å². The first-order valence-electron chi connectivity index (χ1n) is 7.96. The first-order valence-corrected chi connectivity index (χ1v) is 7.96. The number of hydrogen-bond acceptors (Lipinski definition) is 7. The molecular weight excluding hydrogens is 332 g/mol. The van der Waals surface area contributed by atoms with Crippen molar-refractivity contribution in [3.05, 3.63) is 60.7 Å². The summed E-state index contributed by atoms with van der Waals surface area (Å²) >= 11 is 0. The molecule has 0 aliphatic heterocycles. The number of carbonyl (C=O) groups excluding carboxylic acids is 1. The summed E-state index contributed by atoms with van der Waals surface area (Å²) in [6.45, 7) is -0.0237. The Hall–Kier alpha value is -3.75. The lowest BCUT2D eigenvalue weighted by Crippen LogP contribution is -2.20. The fourth-order valence-electron chi connectivity index (χ4n) is 2.39. The highest BCUT2D eigenvalue weighted by atomic mass is 16.1. The maximum Gasteiger partial charge on any atom is 0.204 e. The number of tetrazole rings is 2. The number of hydrogen-bond donors (Lipinski definition) is 0. The summed E-state index contributed by atoms with van der Waals surface area (Å²) in [5.74, 6) is 0.798. The largest absolute Gasteiger partial charge is 0.295 e.